The standard InChI is InChI=1S/C28H24ClF5N2O5S/c29-19-8-4-14(26(38)35-17-7-9-20(30)21(31)13-17)10-23(19)42(40,41)18-11-15-5-6-16(12-18)27(15,39)25(37)22-2-1-3-24(36-22)28(32,33)34/h1-4,7-10,13,15-16,18,25,37,39H,5-6,11-12H2,(H,35,38)/t15-,16?,18?,25?,27?/m0/s1. The highest BCUT2D eigenvalue weighted by atomic mass is 35.5. The van der Waals surface area contributed by atoms with Crippen LogP contribution in [0.4, 0.5) is 27.6 Å². The predicted molar refractivity (Wildman–Crippen MR) is 141 cm³/mol. The lowest BCUT2D eigenvalue weighted by Gasteiger charge is -2.45. The molecule has 5 rings (SSSR count). The van der Waals surface area contributed by atoms with E-state index in [9.17, 15) is 45.4 Å². The highest BCUT2D eigenvalue weighted by Gasteiger charge is 2.59. The SMILES string of the molecule is O=C(Nc1ccc(F)c(F)c1)c1ccc(Cl)c(S(=O)(=O)C2CC3CC[C@@H](C2)C3(O)C(O)c2cccc(C(F)(F)F)n2)c1. The van der Waals surface area contributed by atoms with Crippen LogP contribution in [0.15, 0.2) is 59.5 Å². The second-order valence-corrected chi connectivity index (χ2v) is 13.2. The lowest BCUT2D eigenvalue weighted by atomic mass is 9.70. The first-order valence-electron chi connectivity index (χ1n) is 12.9. The van der Waals surface area contributed by atoms with Crippen LogP contribution >= 0.6 is 11.6 Å². The Morgan fingerprint density at radius 3 is 2.31 bits per heavy atom. The van der Waals surface area contributed by atoms with Crippen molar-refractivity contribution in [2.24, 2.45) is 11.8 Å². The number of anilines is 1. The lowest BCUT2D eigenvalue weighted by Crippen LogP contribution is -2.52. The van der Waals surface area contributed by atoms with E-state index >= 15 is 0 Å². The van der Waals surface area contributed by atoms with Crippen LogP contribution < -0.4 is 5.32 Å². The van der Waals surface area contributed by atoms with Gasteiger partial charge in [-0.2, -0.15) is 13.2 Å². The van der Waals surface area contributed by atoms with Crippen molar-refractivity contribution < 1.29 is 45.4 Å². The van der Waals surface area contributed by atoms with Crippen LogP contribution in [0, 0.1) is 23.5 Å². The monoisotopic (exact) mass is 630 g/mol. The number of hydrogen-bond acceptors (Lipinski definition) is 6. The third-order valence-corrected chi connectivity index (χ3v) is 10.8. The molecule has 7 nitrogen and oxygen atoms in total. The molecule has 2 aliphatic rings. The maximum absolute atomic E-state index is 13.8. The molecule has 1 amide bonds. The number of hydrogen-bond donors (Lipinski definition) is 3. The summed E-state index contributed by atoms with van der Waals surface area (Å²) < 4.78 is 93.9. The van der Waals surface area contributed by atoms with E-state index in [1.165, 1.54) is 18.2 Å². The van der Waals surface area contributed by atoms with E-state index < -0.39 is 68.0 Å². The minimum Gasteiger partial charge on any atom is -0.386 e. The van der Waals surface area contributed by atoms with E-state index in [0.29, 0.717) is 12.8 Å². The van der Waals surface area contributed by atoms with Gasteiger partial charge < -0.3 is 15.5 Å². The average Bonchev–Trinajstić information content (AvgIpc) is 3.10. The van der Waals surface area contributed by atoms with Crippen LogP contribution in [0.5, 0.6) is 0 Å². The molecule has 2 saturated carbocycles. The van der Waals surface area contributed by atoms with Crippen LogP contribution in [0.3, 0.4) is 0 Å². The smallest absolute Gasteiger partial charge is 0.386 e. The minimum absolute atomic E-state index is 0.0600. The molecule has 0 radical (unpaired) electrons. The fourth-order valence-corrected chi connectivity index (χ4v) is 8.46. The quantitative estimate of drug-likeness (QED) is 0.301. The number of halogens is 6. The van der Waals surface area contributed by atoms with Gasteiger partial charge in [0.25, 0.3) is 5.91 Å². The number of nitrogens with one attached hydrogen (secondary N) is 1. The topological polar surface area (TPSA) is 117 Å². The van der Waals surface area contributed by atoms with Gasteiger partial charge in [0, 0.05) is 17.3 Å². The van der Waals surface area contributed by atoms with E-state index in [0.717, 1.165) is 36.4 Å². The van der Waals surface area contributed by atoms with Crippen LogP contribution in [0.1, 0.15) is 53.5 Å². The molecule has 0 aliphatic heterocycles. The lowest BCUT2D eigenvalue weighted by molar-refractivity contribution is -0.150. The Morgan fingerprint density at radius 1 is 1.02 bits per heavy atom. The summed E-state index contributed by atoms with van der Waals surface area (Å²) in [6, 6.07) is 9.26. The second kappa shape index (κ2) is 10.9. The first-order valence-corrected chi connectivity index (χ1v) is 14.8. The average molecular weight is 631 g/mol. The van der Waals surface area contributed by atoms with Crippen LogP contribution in [-0.4, -0.2) is 40.4 Å². The van der Waals surface area contributed by atoms with Gasteiger partial charge in [-0.3, -0.25) is 4.79 Å². The van der Waals surface area contributed by atoms with Gasteiger partial charge >= 0.3 is 6.18 Å². The molecule has 3 N–H and O–H groups in total. The van der Waals surface area contributed by atoms with Gasteiger partial charge in [-0.05, 0) is 80.0 Å². The highest BCUT2D eigenvalue weighted by molar-refractivity contribution is 7.92. The fourth-order valence-electron chi connectivity index (χ4n) is 6.06. The maximum atomic E-state index is 13.8. The maximum Gasteiger partial charge on any atom is 0.433 e. The van der Waals surface area contributed by atoms with Gasteiger partial charge in [0.05, 0.1) is 20.9 Å². The molecule has 2 fully saturated rings. The normalized spacial score (nSPS) is 24.8. The summed E-state index contributed by atoms with van der Waals surface area (Å²) in [5.41, 5.74) is -3.68. The van der Waals surface area contributed by atoms with Gasteiger partial charge in [-0.25, -0.2) is 22.2 Å². The molecule has 224 valence electrons. The molecule has 3 aromatic rings. The van der Waals surface area contributed by atoms with Gasteiger partial charge in [0.1, 0.15) is 17.4 Å². The van der Waals surface area contributed by atoms with E-state index in [4.69, 9.17) is 11.6 Å². The molecule has 14 heteroatoms. The molecular weight excluding hydrogens is 607 g/mol. The van der Waals surface area contributed by atoms with Crippen molar-refractivity contribution in [3.8, 4) is 0 Å². The molecule has 2 aromatic carbocycles. The van der Waals surface area contributed by atoms with Crippen molar-refractivity contribution >= 4 is 33.0 Å². The molecule has 4 unspecified atom stereocenters. The van der Waals surface area contributed by atoms with Crippen molar-refractivity contribution in [3.05, 3.63) is 88.2 Å². The van der Waals surface area contributed by atoms with Gasteiger partial charge in [0.15, 0.2) is 21.5 Å². The molecule has 0 saturated heterocycles. The molecule has 0 spiro atoms. The van der Waals surface area contributed by atoms with Crippen LogP contribution in [-0.2, 0) is 16.0 Å². The number of rotatable bonds is 6. The Labute approximate surface area is 242 Å². The Bertz CT molecular complexity index is 1640. The largest absolute Gasteiger partial charge is 0.433 e. The number of amides is 1. The zero-order valence-corrected chi connectivity index (χ0v) is 23.1. The van der Waals surface area contributed by atoms with E-state index in [1.807, 2.05) is 0 Å². The van der Waals surface area contributed by atoms with Crippen molar-refractivity contribution in [3.63, 3.8) is 0 Å². The number of alkyl halides is 3. The minimum atomic E-state index is -4.76. The number of aliphatic hydroxyl groups is 2. The Morgan fingerprint density at radius 2 is 1.69 bits per heavy atom. The number of carbonyl (C=O) groups excluding carboxylic acids is 1. The summed E-state index contributed by atoms with van der Waals surface area (Å²) in [6.45, 7) is 0. The van der Waals surface area contributed by atoms with Crippen LogP contribution in [0.25, 0.3) is 0 Å². The number of pyridine rings is 1. The van der Waals surface area contributed by atoms with Crippen molar-refractivity contribution in [2.75, 3.05) is 5.32 Å². The summed E-state index contributed by atoms with van der Waals surface area (Å²) in [7, 11) is -4.21. The van der Waals surface area contributed by atoms with Crippen LogP contribution in [0.2, 0.25) is 5.02 Å². The first kappa shape index (κ1) is 30.3. The molecule has 1 heterocycles. The molecular formula is C28H24ClF5N2O5S. The number of sulfone groups is 1. The number of fused-ring (bicyclic) bond motifs is 2. The molecule has 2 aliphatic carbocycles. The molecule has 5 atom stereocenters. The van der Waals surface area contributed by atoms with Crippen molar-refractivity contribution in [2.45, 2.75) is 53.7 Å². The Balaban J connectivity index is 1.38. The number of nitrogens with zero attached hydrogens (tertiary/aromatic N) is 1. The molecule has 1 aromatic heterocycles. The molecule has 2 bridgehead atoms. The summed E-state index contributed by atoms with van der Waals surface area (Å²) >= 11 is 6.24. The third kappa shape index (κ3) is 5.38. The third-order valence-electron chi connectivity index (χ3n) is 8.16. The highest BCUT2D eigenvalue weighted by Crippen LogP contribution is 2.56. The number of aromatic nitrogens is 1. The summed E-state index contributed by atoms with van der Waals surface area (Å²) in [5.74, 6) is -4.65. The zero-order valence-electron chi connectivity index (χ0n) is 21.6. The number of aliphatic hydroxyl groups excluding tert-OH is 1. The Hall–Kier alpha value is -3.13. The van der Waals surface area contributed by atoms with Gasteiger partial charge in [0.2, 0.25) is 0 Å². The summed E-state index contributed by atoms with van der Waals surface area (Å²) in [4.78, 5) is 15.9. The van der Waals surface area contributed by atoms with Crippen molar-refractivity contribution in [1.29, 1.82) is 0 Å². The van der Waals surface area contributed by atoms with Crippen molar-refractivity contribution in [1.82, 2.24) is 4.98 Å². The fraction of sp³-hybridized carbons (Fsp3) is 0.357. The summed E-state index contributed by atoms with van der Waals surface area (Å²) in [5, 5.41) is 23.8. The van der Waals surface area contributed by atoms with Gasteiger partial charge in [-0.1, -0.05) is 17.7 Å². The van der Waals surface area contributed by atoms with E-state index in [1.54, 1.807) is 0 Å². The Kier molecular flexibility index (Phi) is 7.84. The molecule has 42 heavy (non-hydrogen) atoms. The van der Waals surface area contributed by atoms with Gasteiger partial charge in [-0.15, -0.1) is 0 Å². The predicted octanol–water partition coefficient (Wildman–Crippen LogP) is 5.71. The second-order valence-electron chi connectivity index (χ2n) is 10.6. The number of benzene rings is 2. The van der Waals surface area contributed by atoms with E-state index in [2.05, 4.69) is 10.3 Å². The first-order chi connectivity index (χ1) is 19.6. The van der Waals surface area contributed by atoms with E-state index in [-0.39, 0.29) is 39.7 Å². The zero-order chi connectivity index (χ0) is 30.6. The summed E-state index contributed by atoms with van der Waals surface area (Å²) in [6.07, 6.45) is -6.13. The number of carbonyl (C=O) groups is 1.